The summed E-state index contributed by atoms with van der Waals surface area (Å²) in [5.74, 6) is -0.440. The summed E-state index contributed by atoms with van der Waals surface area (Å²) in [6.07, 6.45) is 0. The van der Waals surface area contributed by atoms with Crippen molar-refractivity contribution in [3.63, 3.8) is 0 Å². The van der Waals surface area contributed by atoms with Crippen LogP contribution in [0.2, 0.25) is 0 Å². The highest BCUT2D eigenvalue weighted by atomic mass is 19.1. The van der Waals surface area contributed by atoms with Crippen LogP contribution in [0.4, 0.5) is 21.5 Å². The van der Waals surface area contributed by atoms with E-state index in [0.717, 1.165) is 6.07 Å². The summed E-state index contributed by atoms with van der Waals surface area (Å²) in [6, 6.07) is 7.76. The topological polar surface area (TPSA) is 98.8 Å². The fourth-order valence-corrected chi connectivity index (χ4v) is 2.26. The molecular formula is C15H14FN3O5. The van der Waals surface area contributed by atoms with Gasteiger partial charge in [0, 0.05) is 19.7 Å². The van der Waals surface area contributed by atoms with Gasteiger partial charge in [-0.05, 0) is 23.8 Å². The Morgan fingerprint density at radius 1 is 1.12 bits per heavy atom. The van der Waals surface area contributed by atoms with Crippen molar-refractivity contribution in [3.8, 4) is 5.75 Å². The van der Waals surface area contributed by atoms with Crippen LogP contribution in [-0.4, -0.2) is 24.0 Å². The molecule has 0 radical (unpaired) electrons. The molecule has 9 heteroatoms. The van der Waals surface area contributed by atoms with Gasteiger partial charge in [0.1, 0.15) is 5.69 Å². The van der Waals surface area contributed by atoms with Crippen LogP contribution < -0.4 is 9.64 Å². The molecule has 0 aliphatic rings. The van der Waals surface area contributed by atoms with Gasteiger partial charge in [-0.1, -0.05) is 6.07 Å². The smallest absolute Gasteiger partial charge is 0.299 e. The summed E-state index contributed by atoms with van der Waals surface area (Å²) < 4.78 is 18.6. The number of halogens is 1. The average molecular weight is 335 g/mol. The van der Waals surface area contributed by atoms with Gasteiger partial charge in [-0.15, -0.1) is 0 Å². The van der Waals surface area contributed by atoms with Gasteiger partial charge in [0.05, 0.1) is 23.0 Å². The third kappa shape index (κ3) is 3.57. The Labute approximate surface area is 136 Å². The normalized spacial score (nSPS) is 10.3. The number of methoxy groups -OCH3 is 1. The van der Waals surface area contributed by atoms with Crippen LogP contribution in [0.3, 0.4) is 0 Å². The maximum absolute atomic E-state index is 13.7. The molecule has 126 valence electrons. The fourth-order valence-electron chi connectivity index (χ4n) is 2.26. The van der Waals surface area contributed by atoms with E-state index in [-0.39, 0.29) is 29.4 Å². The van der Waals surface area contributed by atoms with E-state index in [0.29, 0.717) is 5.56 Å². The first-order valence-electron chi connectivity index (χ1n) is 6.80. The van der Waals surface area contributed by atoms with Crippen molar-refractivity contribution in [2.24, 2.45) is 0 Å². The minimum absolute atomic E-state index is 0.0997. The van der Waals surface area contributed by atoms with E-state index < -0.39 is 15.7 Å². The highest BCUT2D eigenvalue weighted by Crippen LogP contribution is 2.32. The van der Waals surface area contributed by atoms with Crippen LogP contribution in [0, 0.1) is 26.0 Å². The van der Waals surface area contributed by atoms with Gasteiger partial charge in [-0.2, -0.15) is 0 Å². The fraction of sp³-hybridized carbons (Fsp3) is 0.200. The van der Waals surface area contributed by atoms with Gasteiger partial charge in [-0.3, -0.25) is 20.2 Å². The Bertz CT molecular complexity index is 797. The number of rotatable bonds is 6. The number of hydrogen-bond acceptors (Lipinski definition) is 6. The lowest BCUT2D eigenvalue weighted by molar-refractivity contribution is -0.393. The van der Waals surface area contributed by atoms with Crippen LogP contribution in [-0.2, 0) is 6.54 Å². The second-order valence-electron chi connectivity index (χ2n) is 5.01. The first kappa shape index (κ1) is 17.1. The molecule has 0 aliphatic heterocycles. The van der Waals surface area contributed by atoms with Gasteiger partial charge in [0.15, 0.2) is 11.6 Å². The van der Waals surface area contributed by atoms with Crippen molar-refractivity contribution in [2.75, 3.05) is 19.1 Å². The molecule has 0 spiro atoms. The summed E-state index contributed by atoms with van der Waals surface area (Å²) in [5, 5.41) is 21.9. The van der Waals surface area contributed by atoms with E-state index in [9.17, 15) is 24.6 Å². The average Bonchev–Trinajstić information content (AvgIpc) is 2.54. The Hall–Kier alpha value is -3.23. The molecule has 0 bridgehead atoms. The zero-order chi connectivity index (χ0) is 17.9. The Balaban J connectivity index is 2.32. The molecule has 0 atom stereocenters. The van der Waals surface area contributed by atoms with Crippen LogP contribution in [0.25, 0.3) is 0 Å². The molecule has 2 rings (SSSR count). The van der Waals surface area contributed by atoms with E-state index in [1.165, 1.54) is 36.3 Å². The Morgan fingerprint density at radius 2 is 1.83 bits per heavy atom. The standard InChI is InChI=1S/C15H14FN3O5/c1-17(9-10-3-6-15(24-2)12(16)7-10)13-5-4-11(18(20)21)8-14(13)19(22)23/h3-8H,9H2,1-2H3. The highest BCUT2D eigenvalue weighted by Gasteiger charge is 2.22. The number of nitrogens with zero attached hydrogens (tertiary/aromatic N) is 3. The van der Waals surface area contributed by atoms with Gasteiger partial charge < -0.3 is 9.64 Å². The minimum atomic E-state index is -0.699. The van der Waals surface area contributed by atoms with Crippen molar-refractivity contribution >= 4 is 17.1 Å². The van der Waals surface area contributed by atoms with Gasteiger partial charge in [0.2, 0.25) is 0 Å². The molecule has 0 saturated carbocycles. The number of nitro benzene ring substituents is 2. The molecule has 24 heavy (non-hydrogen) atoms. The molecular weight excluding hydrogens is 321 g/mol. The lowest BCUT2D eigenvalue weighted by Gasteiger charge is -2.19. The second kappa shape index (κ2) is 6.90. The van der Waals surface area contributed by atoms with Gasteiger partial charge in [0.25, 0.3) is 11.4 Å². The quantitative estimate of drug-likeness (QED) is 0.593. The molecule has 0 aliphatic carbocycles. The number of ether oxygens (including phenoxy) is 1. The third-order valence-corrected chi connectivity index (χ3v) is 3.41. The van der Waals surface area contributed by atoms with E-state index in [1.807, 2.05) is 0 Å². The number of nitro groups is 2. The van der Waals surface area contributed by atoms with Gasteiger partial charge in [-0.25, -0.2) is 4.39 Å². The van der Waals surface area contributed by atoms with E-state index >= 15 is 0 Å². The molecule has 0 unspecified atom stereocenters. The maximum Gasteiger partial charge on any atom is 0.299 e. The maximum atomic E-state index is 13.7. The summed E-state index contributed by atoms with van der Waals surface area (Å²) in [6.45, 7) is 0.180. The zero-order valence-electron chi connectivity index (χ0n) is 12.9. The highest BCUT2D eigenvalue weighted by molar-refractivity contribution is 5.66. The molecule has 8 nitrogen and oxygen atoms in total. The molecule has 2 aromatic rings. The van der Waals surface area contributed by atoms with Crippen LogP contribution in [0.1, 0.15) is 5.56 Å². The zero-order valence-corrected chi connectivity index (χ0v) is 12.9. The van der Waals surface area contributed by atoms with Crippen molar-refractivity contribution in [1.82, 2.24) is 0 Å². The number of anilines is 1. The predicted octanol–water partition coefficient (Wildman–Crippen LogP) is 3.29. The second-order valence-corrected chi connectivity index (χ2v) is 5.01. The van der Waals surface area contributed by atoms with Crippen LogP contribution in [0.15, 0.2) is 36.4 Å². The van der Waals surface area contributed by atoms with Gasteiger partial charge >= 0.3 is 0 Å². The third-order valence-electron chi connectivity index (χ3n) is 3.41. The first-order chi connectivity index (χ1) is 11.3. The number of non-ortho nitro benzene ring substituents is 1. The van der Waals surface area contributed by atoms with Crippen LogP contribution >= 0.6 is 0 Å². The molecule has 0 heterocycles. The van der Waals surface area contributed by atoms with Crippen molar-refractivity contribution < 1.29 is 19.0 Å². The van der Waals surface area contributed by atoms with Crippen LogP contribution in [0.5, 0.6) is 5.75 Å². The summed E-state index contributed by atoms with van der Waals surface area (Å²) >= 11 is 0. The number of hydrogen-bond donors (Lipinski definition) is 0. The first-order valence-corrected chi connectivity index (χ1v) is 6.80. The summed E-state index contributed by atoms with van der Waals surface area (Å²) in [7, 11) is 2.93. The monoisotopic (exact) mass is 335 g/mol. The minimum Gasteiger partial charge on any atom is -0.494 e. The van der Waals surface area contributed by atoms with Crippen molar-refractivity contribution in [2.45, 2.75) is 6.54 Å². The Morgan fingerprint density at radius 3 is 2.38 bits per heavy atom. The lowest BCUT2D eigenvalue weighted by Crippen LogP contribution is -2.18. The predicted molar refractivity (Wildman–Crippen MR) is 84.8 cm³/mol. The molecule has 0 amide bonds. The van der Waals surface area contributed by atoms with Crippen molar-refractivity contribution in [3.05, 3.63) is 68.0 Å². The summed E-state index contributed by atoms with van der Waals surface area (Å²) in [4.78, 5) is 22.1. The largest absolute Gasteiger partial charge is 0.494 e. The molecule has 2 aromatic carbocycles. The van der Waals surface area contributed by atoms with E-state index in [2.05, 4.69) is 0 Å². The lowest BCUT2D eigenvalue weighted by atomic mass is 10.1. The Kier molecular flexibility index (Phi) is 4.93. The molecule has 0 fully saturated rings. The van der Waals surface area contributed by atoms with E-state index in [1.54, 1.807) is 13.1 Å². The van der Waals surface area contributed by atoms with E-state index in [4.69, 9.17) is 4.74 Å². The molecule has 0 aromatic heterocycles. The summed E-state index contributed by atoms with van der Waals surface area (Å²) in [5.41, 5.74) is 0.0142. The molecule has 0 saturated heterocycles. The SMILES string of the molecule is COc1ccc(CN(C)c2ccc([N+](=O)[O-])cc2[N+](=O)[O-])cc1F. The number of benzene rings is 2. The molecule has 0 N–H and O–H groups in total. The van der Waals surface area contributed by atoms with Crippen molar-refractivity contribution in [1.29, 1.82) is 0 Å².